The summed E-state index contributed by atoms with van der Waals surface area (Å²) in [5, 5.41) is 0. The highest BCUT2D eigenvalue weighted by atomic mass is 16.5. The predicted octanol–water partition coefficient (Wildman–Crippen LogP) is 3.16. The average molecular weight is 180 g/mol. The number of unbranched alkanes of at least 4 members (excludes halogenated alkanes) is 1. The molecule has 0 aliphatic carbocycles. The van der Waals surface area contributed by atoms with Crippen LogP contribution in [0.1, 0.15) is 39.0 Å². The molecule has 0 heterocycles. The van der Waals surface area contributed by atoms with Crippen LogP contribution in [0.25, 0.3) is 0 Å². The minimum atomic E-state index is -0.357. The average Bonchev–Trinajstić information content (AvgIpc) is 2.20. The fourth-order valence-electron chi connectivity index (χ4n) is 1.33. The van der Waals surface area contributed by atoms with Crippen LogP contribution in [0.4, 0.5) is 0 Å². The number of hydrogen-bond donors (Lipinski definition) is 0. The van der Waals surface area contributed by atoms with E-state index in [0.29, 0.717) is 0 Å². The fraction of sp³-hybridized carbons (Fsp3) is 0.667. The first-order valence-corrected chi connectivity index (χ1v) is 4.88. The molecule has 1 heteroatoms. The third-order valence-corrected chi connectivity index (χ3v) is 2.34. The third kappa shape index (κ3) is 4.15. The first kappa shape index (κ1) is 12.3. The fourth-order valence-corrected chi connectivity index (χ4v) is 1.33. The monoisotopic (exact) mass is 180 g/mol. The molecule has 0 saturated carbocycles. The lowest BCUT2D eigenvalue weighted by Crippen LogP contribution is -2.29. The van der Waals surface area contributed by atoms with E-state index in [2.05, 4.69) is 19.4 Å². The van der Waals surface area contributed by atoms with Gasteiger partial charge in [-0.2, -0.15) is 0 Å². The zero-order valence-corrected chi connectivity index (χ0v) is 8.81. The van der Waals surface area contributed by atoms with Crippen LogP contribution in [0, 0.1) is 12.3 Å². The Morgan fingerprint density at radius 2 is 2.23 bits per heavy atom. The first-order valence-electron chi connectivity index (χ1n) is 4.88. The molecule has 0 aliphatic rings. The third-order valence-electron chi connectivity index (χ3n) is 2.34. The molecule has 0 radical (unpaired) electrons. The molecule has 1 unspecified atom stereocenters. The standard InChI is InChI=1S/C12H20O/c1-5-8-10-12(7-3,13-4)11-9-6-2/h3,5H,1,6,8-11H2,2,4H3. The van der Waals surface area contributed by atoms with E-state index in [9.17, 15) is 0 Å². The smallest absolute Gasteiger partial charge is 0.128 e. The van der Waals surface area contributed by atoms with Gasteiger partial charge in [0.25, 0.3) is 0 Å². The molecule has 13 heavy (non-hydrogen) atoms. The Morgan fingerprint density at radius 1 is 1.54 bits per heavy atom. The van der Waals surface area contributed by atoms with E-state index < -0.39 is 0 Å². The van der Waals surface area contributed by atoms with E-state index in [4.69, 9.17) is 11.2 Å². The molecule has 0 aromatic carbocycles. The van der Waals surface area contributed by atoms with Gasteiger partial charge in [-0.1, -0.05) is 25.3 Å². The van der Waals surface area contributed by atoms with Gasteiger partial charge >= 0.3 is 0 Å². The van der Waals surface area contributed by atoms with Crippen molar-refractivity contribution in [3.8, 4) is 12.3 Å². The largest absolute Gasteiger partial charge is 0.366 e. The van der Waals surface area contributed by atoms with Crippen LogP contribution in [-0.2, 0) is 4.74 Å². The van der Waals surface area contributed by atoms with Crippen molar-refractivity contribution >= 4 is 0 Å². The number of hydrogen-bond acceptors (Lipinski definition) is 1. The van der Waals surface area contributed by atoms with Crippen molar-refractivity contribution in [2.45, 2.75) is 44.6 Å². The van der Waals surface area contributed by atoms with Gasteiger partial charge in [-0.3, -0.25) is 0 Å². The summed E-state index contributed by atoms with van der Waals surface area (Å²) in [5.41, 5.74) is -0.357. The minimum Gasteiger partial charge on any atom is -0.366 e. The second kappa shape index (κ2) is 6.74. The van der Waals surface area contributed by atoms with Crippen molar-refractivity contribution in [2.75, 3.05) is 7.11 Å². The summed E-state index contributed by atoms with van der Waals surface area (Å²) in [6, 6.07) is 0. The Kier molecular flexibility index (Phi) is 6.36. The second-order valence-corrected chi connectivity index (χ2v) is 3.27. The molecule has 0 rings (SSSR count). The lowest BCUT2D eigenvalue weighted by atomic mass is 9.92. The molecular weight excluding hydrogens is 160 g/mol. The molecule has 0 amide bonds. The predicted molar refractivity (Wildman–Crippen MR) is 57.5 cm³/mol. The van der Waals surface area contributed by atoms with Crippen LogP contribution in [0.3, 0.4) is 0 Å². The second-order valence-electron chi connectivity index (χ2n) is 3.27. The van der Waals surface area contributed by atoms with Gasteiger partial charge in [-0.15, -0.1) is 13.0 Å². The normalized spacial score (nSPS) is 14.5. The van der Waals surface area contributed by atoms with Crippen LogP contribution in [0.2, 0.25) is 0 Å². The molecule has 0 aliphatic heterocycles. The maximum atomic E-state index is 5.49. The number of allylic oxidation sites excluding steroid dienone is 1. The van der Waals surface area contributed by atoms with Crippen molar-refractivity contribution in [1.29, 1.82) is 0 Å². The Hall–Kier alpha value is -0.740. The van der Waals surface area contributed by atoms with Crippen LogP contribution in [0.5, 0.6) is 0 Å². The summed E-state index contributed by atoms with van der Waals surface area (Å²) in [5.74, 6) is 2.76. The molecule has 0 saturated heterocycles. The SMILES string of the molecule is C#CC(CCC=C)(CCCC)OC. The van der Waals surface area contributed by atoms with E-state index in [1.54, 1.807) is 7.11 Å². The lowest BCUT2D eigenvalue weighted by Gasteiger charge is -2.26. The Morgan fingerprint density at radius 3 is 2.62 bits per heavy atom. The highest BCUT2D eigenvalue weighted by molar-refractivity contribution is 5.08. The molecule has 74 valence electrons. The summed E-state index contributed by atoms with van der Waals surface area (Å²) in [6.07, 6.45) is 12.4. The topological polar surface area (TPSA) is 9.23 Å². The number of rotatable bonds is 7. The highest BCUT2D eigenvalue weighted by Crippen LogP contribution is 2.23. The molecule has 0 N–H and O–H groups in total. The van der Waals surface area contributed by atoms with Gasteiger partial charge in [0.1, 0.15) is 5.60 Å². The molecular formula is C12H20O. The highest BCUT2D eigenvalue weighted by Gasteiger charge is 2.24. The van der Waals surface area contributed by atoms with Crippen LogP contribution < -0.4 is 0 Å². The molecule has 0 bridgehead atoms. The Labute approximate surface area is 82.2 Å². The number of methoxy groups -OCH3 is 1. The molecule has 1 atom stereocenters. The van der Waals surface area contributed by atoms with Gasteiger partial charge in [0.2, 0.25) is 0 Å². The molecule has 0 aromatic rings. The zero-order chi connectivity index (χ0) is 10.2. The van der Waals surface area contributed by atoms with Crippen LogP contribution >= 0.6 is 0 Å². The molecule has 1 nitrogen and oxygen atoms in total. The zero-order valence-electron chi connectivity index (χ0n) is 8.81. The number of ether oxygens (including phenoxy) is 1. The molecule has 0 aromatic heterocycles. The van der Waals surface area contributed by atoms with E-state index in [1.807, 2.05) is 6.08 Å². The summed E-state index contributed by atoms with van der Waals surface area (Å²) in [4.78, 5) is 0. The lowest BCUT2D eigenvalue weighted by molar-refractivity contribution is 0.0255. The Bertz CT molecular complexity index is 178. The molecule has 0 spiro atoms. The van der Waals surface area contributed by atoms with Gasteiger partial charge in [0, 0.05) is 7.11 Å². The quantitative estimate of drug-likeness (QED) is 0.432. The van der Waals surface area contributed by atoms with E-state index in [1.165, 1.54) is 0 Å². The van der Waals surface area contributed by atoms with Crippen molar-refractivity contribution < 1.29 is 4.74 Å². The van der Waals surface area contributed by atoms with E-state index in [-0.39, 0.29) is 5.60 Å². The van der Waals surface area contributed by atoms with Crippen LogP contribution in [0.15, 0.2) is 12.7 Å². The first-order chi connectivity index (χ1) is 6.24. The maximum Gasteiger partial charge on any atom is 0.128 e. The Balaban J connectivity index is 4.15. The van der Waals surface area contributed by atoms with Gasteiger partial charge in [0.05, 0.1) is 0 Å². The van der Waals surface area contributed by atoms with Gasteiger partial charge < -0.3 is 4.74 Å². The summed E-state index contributed by atoms with van der Waals surface area (Å²) < 4.78 is 5.41. The van der Waals surface area contributed by atoms with Gasteiger partial charge in [-0.25, -0.2) is 0 Å². The summed E-state index contributed by atoms with van der Waals surface area (Å²) in [6.45, 7) is 5.85. The van der Waals surface area contributed by atoms with Gasteiger partial charge in [0.15, 0.2) is 0 Å². The van der Waals surface area contributed by atoms with Crippen molar-refractivity contribution in [1.82, 2.24) is 0 Å². The minimum absolute atomic E-state index is 0.357. The summed E-state index contributed by atoms with van der Waals surface area (Å²) >= 11 is 0. The van der Waals surface area contributed by atoms with Crippen molar-refractivity contribution in [3.63, 3.8) is 0 Å². The van der Waals surface area contributed by atoms with E-state index >= 15 is 0 Å². The maximum absolute atomic E-state index is 5.49. The van der Waals surface area contributed by atoms with Crippen molar-refractivity contribution in [3.05, 3.63) is 12.7 Å². The summed E-state index contributed by atoms with van der Waals surface area (Å²) in [7, 11) is 1.69. The molecule has 0 fully saturated rings. The van der Waals surface area contributed by atoms with Gasteiger partial charge in [-0.05, 0) is 25.7 Å². The van der Waals surface area contributed by atoms with Crippen molar-refractivity contribution in [2.24, 2.45) is 0 Å². The number of terminal acetylenes is 1. The van der Waals surface area contributed by atoms with E-state index in [0.717, 1.165) is 32.1 Å². The van der Waals surface area contributed by atoms with Crippen LogP contribution in [-0.4, -0.2) is 12.7 Å².